The highest BCUT2D eigenvalue weighted by atomic mass is 16.5. The van der Waals surface area contributed by atoms with E-state index in [4.69, 9.17) is 4.74 Å². The number of benzene rings is 2. The van der Waals surface area contributed by atoms with Gasteiger partial charge in [0.2, 0.25) is 0 Å². The van der Waals surface area contributed by atoms with E-state index in [1.54, 1.807) is 0 Å². The first kappa shape index (κ1) is 18.7. The van der Waals surface area contributed by atoms with Gasteiger partial charge in [-0.25, -0.2) is 5.43 Å². The van der Waals surface area contributed by atoms with Crippen molar-refractivity contribution in [3.63, 3.8) is 0 Å². The lowest BCUT2D eigenvalue weighted by atomic mass is 10.1. The lowest BCUT2D eigenvalue weighted by molar-refractivity contribution is -0.123. The van der Waals surface area contributed by atoms with Gasteiger partial charge in [0.05, 0.1) is 0 Å². The zero-order valence-electron chi connectivity index (χ0n) is 15.0. The number of unbranched alkanes of at least 4 members (excludes halogenated alkanes) is 2. The second kappa shape index (κ2) is 10.3. The molecule has 132 valence electrons. The lowest BCUT2D eigenvalue weighted by Crippen LogP contribution is -2.25. The Labute approximate surface area is 149 Å². The fourth-order valence-electron chi connectivity index (χ4n) is 2.40. The second-order valence-electron chi connectivity index (χ2n) is 6.02. The van der Waals surface area contributed by atoms with Crippen LogP contribution in [0.3, 0.4) is 0 Å². The standard InChI is InChI=1S/C21H26N2O2/c1-3-4-6-9-17(2)22-23-21(24)16-25-20-14-12-19(13-15-20)18-10-7-5-8-11-18/h5,7-8,10-15H,3-4,6,9,16H2,1-2H3,(H,23,24)/b22-17+. The van der Waals surface area contributed by atoms with E-state index >= 15 is 0 Å². The smallest absolute Gasteiger partial charge is 0.277 e. The molecule has 0 saturated heterocycles. The first-order valence-corrected chi connectivity index (χ1v) is 8.79. The molecule has 0 aliphatic rings. The second-order valence-corrected chi connectivity index (χ2v) is 6.02. The third-order valence-electron chi connectivity index (χ3n) is 3.84. The van der Waals surface area contributed by atoms with Crippen LogP contribution in [0, 0.1) is 0 Å². The van der Waals surface area contributed by atoms with Gasteiger partial charge in [0, 0.05) is 5.71 Å². The van der Waals surface area contributed by atoms with Gasteiger partial charge in [-0.05, 0) is 43.0 Å². The summed E-state index contributed by atoms with van der Waals surface area (Å²) in [5, 5.41) is 4.10. The molecule has 0 heterocycles. The molecule has 4 nitrogen and oxygen atoms in total. The van der Waals surface area contributed by atoms with Crippen molar-refractivity contribution in [2.45, 2.75) is 39.5 Å². The van der Waals surface area contributed by atoms with E-state index in [1.165, 1.54) is 12.8 Å². The Morgan fingerprint density at radius 3 is 2.36 bits per heavy atom. The van der Waals surface area contributed by atoms with Crippen LogP contribution in [0.4, 0.5) is 0 Å². The van der Waals surface area contributed by atoms with Crippen molar-refractivity contribution < 1.29 is 9.53 Å². The number of hydrogen-bond acceptors (Lipinski definition) is 3. The maximum Gasteiger partial charge on any atom is 0.277 e. The van der Waals surface area contributed by atoms with Crippen LogP contribution in [0.15, 0.2) is 59.7 Å². The van der Waals surface area contributed by atoms with Crippen LogP contribution in [0.1, 0.15) is 39.5 Å². The van der Waals surface area contributed by atoms with Crippen LogP contribution < -0.4 is 10.2 Å². The van der Waals surface area contributed by atoms with Crippen LogP contribution >= 0.6 is 0 Å². The van der Waals surface area contributed by atoms with Crippen molar-refractivity contribution >= 4 is 11.6 Å². The molecule has 1 amide bonds. The molecular formula is C21H26N2O2. The summed E-state index contributed by atoms with van der Waals surface area (Å²) in [5.74, 6) is 0.417. The van der Waals surface area contributed by atoms with Crippen LogP contribution in [0.5, 0.6) is 5.75 Å². The van der Waals surface area contributed by atoms with Crippen molar-refractivity contribution in [2.75, 3.05) is 6.61 Å². The summed E-state index contributed by atoms with van der Waals surface area (Å²) in [4.78, 5) is 11.8. The number of carbonyl (C=O) groups excluding carboxylic acids is 1. The van der Waals surface area contributed by atoms with Crippen molar-refractivity contribution in [1.82, 2.24) is 5.43 Å². The molecule has 25 heavy (non-hydrogen) atoms. The summed E-state index contributed by atoms with van der Waals surface area (Å²) in [6.45, 7) is 4.05. The van der Waals surface area contributed by atoms with Crippen LogP contribution in [-0.2, 0) is 4.79 Å². The van der Waals surface area contributed by atoms with Crippen molar-refractivity contribution in [2.24, 2.45) is 5.10 Å². The Bertz CT molecular complexity index is 679. The molecule has 2 aromatic carbocycles. The van der Waals surface area contributed by atoms with E-state index in [2.05, 4.69) is 29.6 Å². The van der Waals surface area contributed by atoms with Gasteiger partial charge < -0.3 is 4.74 Å². The predicted molar refractivity (Wildman–Crippen MR) is 103 cm³/mol. The fraction of sp³-hybridized carbons (Fsp3) is 0.333. The summed E-state index contributed by atoms with van der Waals surface area (Å²) in [7, 11) is 0. The van der Waals surface area contributed by atoms with E-state index in [1.807, 2.05) is 49.4 Å². The van der Waals surface area contributed by atoms with Crippen molar-refractivity contribution in [1.29, 1.82) is 0 Å². The van der Waals surface area contributed by atoms with E-state index < -0.39 is 0 Å². The molecule has 2 rings (SSSR count). The Hall–Kier alpha value is -2.62. The lowest BCUT2D eigenvalue weighted by Gasteiger charge is -2.07. The number of hydrazone groups is 1. The number of rotatable bonds is 9. The van der Waals surface area contributed by atoms with Gasteiger partial charge in [0.25, 0.3) is 5.91 Å². The number of carbonyl (C=O) groups is 1. The SMILES string of the molecule is CCCCC/C(C)=N/NC(=O)COc1ccc(-c2ccccc2)cc1. The highest BCUT2D eigenvalue weighted by Crippen LogP contribution is 2.21. The molecule has 0 radical (unpaired) electrons. The molecule has 0 fully saturated rings. The van der Waals surface area contributed by atoms with Crippen LogP contribution in [0.2, 0.25) is 0 Å². The molecule has 0 spiro atoms. The van der Waals surface area contributed by atoms with Gasteiger partial charge in [0.15, 0.2) is 6.61 Å². The van der Waals surface area contributed by atoms with E-state index in [0.717, 1.165) is 29.7 Å². The molecule has 0 aliphatic heterocycles. The molecule has 0 unspecified atom stereocenters. The number of nitrogens with one attached hydrogen (secondary N) is 1. The largest absolute Gasteiger partial charge is 0.484 e. The molecule has 0 bridgehead atoms. The van der Waals surface area contributed by atoms with Crippen molar-refractivity contribution in [3.8, 4) is 16.9 Å². The van der Waals surface area contributed by atoms with E-state index in [0.29, 0.717) is 5.75 Å². The molecule has 1 N–H and O–H groups in total. The number of nitrogens with zero attached hydrogens (tertiary/aromatic N) is 1. The predicted octanol–water partition coefficient (Wildman–Crippen LogP) is 4.80. The number of ether oxygens (including phenoxy) is 1. The van der Waals surface area contributed by atoms with Gasteiger partial charge in [-0.15, -0.1) is 0 Å². The summed E-state index contributed by atoms with van der Waals surface area (Å²) in [6, 6.07) is 17.8. The Morgan fingerprint density at radius 2 is 1.68 bits per heavy atom. The summed E-state index contributed by atoms with van der Waals surface area (Å²) in [5.41, 5.74) is 5.75. The van der Waals surface area contributed by atoms with Gasteiger partial charge in [-0.3, -0.25) is 4.79 Å². The molecule has 4 heteroatoms. The van der Waals surface area contributed by atoms with E-state index in [9.17, 15) is 4.79 Å². The average Bonchev–Trinajstić information content (AvgIpc) is 2.66. The maximum absolute atomic E-state index is 11.8. The maximum atomic E-state index is 11.8. The van der Waals surface area contributed by atoms with Gasteiger partial charge >= 0.3 is 0 Å². The minimum absolute atomic E-state index is 0.0452. The summed E-state index contributed by atoms with van der Waals surface area (Å²) >= 11 is 0. The molecule has 0 atom stereocenters. The van der Waals surface area contributed by atoms with E-state index in [-0.39, 0.29) is 12.5 Å². The van der Waals surface area contributed by atoms with Gasteiger partial charge in [-0.1, -0.05) is 62.2 Å². The minimum atomic E-state index is -0.248. The first-order valence-electron chi connectivity index (χ1n) is 8.79. The monoisotopic (exact) mass is 338 g/mol. The average molecular weight is 338 g/mol. The van der Waals surface area contributed by atoms with Crippen LogP contribution in [0.25, 0.3) is 11.1 Å². The zero-order valence-corrected chi connectivity index (χ0v) is 15.0. The molecular weight excluding hydrogens is 312 g/mol. The van der Waals surface area contributed by atoms with Gasteiger partial charge in [-0.2, -0.15) is 5.10 Å². The first-order chi connectivity index (χ1) is 12.2. The zero-order chi connectivity index (χ0) is 17.9. The van der Waals surface area contributed by atoms with Crippen molar-refractivity contribution in [3.05, 3.63) is 54.6 Å². The normalized spacial score (nSPS) is 11.2. The Balaban J connectivity index is 1.77. The minimum Gasteiger partial charge on any atom is -0.484 e. The topological polar surface area (TPSA) is 50.7 Å². The Morgan fingerprint density at radius 1 is 1.00 bits per heavy atom. The third kappa shape index (κ3) is 6.79. The highest BCUT2D eigenvalue weighted by Gasteiger charge is 2.03. The van der Waals surface area contributed by atoms with Crippen LogP contribution in [-0.4, -0.2) is 18.2 Å². The molecule has 0 saturated carbocycles. The number of hydrogen-bond donors (Lipinski definition) is 1. The fourth-order valence-corrected chi connectivity index (χ4v) is 2.40. The molecule has 0 aliphatic carbocycles. The third-order valence-corrected chi connectivity index (χ3v) is 3.84. The van der Waals surface area contributed by atoms with Gasteiger partial charge in [0.1, 0.15) is 5.75 Å². The Kier molecular flexibility index (Phi) is 7.70. The number of amides is 1. The highest BCUT2D eigenvalue weighted by molar-refractivity contribution is 5.84. The quantitative estimate of drug-likeness (QED) is 0.405. The molecule has 0 aromatic heterocycles. The summed E-state index contributed by atoms with van der Waals surface area (Å²) in [6.07, 6.45) is 4.38. The summed E-state index contributed by atoms with van der Waals surface area (Å²) < 4.78 is 5.51. The molecule has 2 aromatic rings.